The quantitative estimate of drug-likeness (QED) is 0.741. The van der Waals surface area contributed by atoms with Gasteiger partial charge in [-0.1, -0.05) is 0 Å². The Morgan fingerprint density at radius 3 is 2.80 bits per heavy atom. The van der Waals surface area contributed by atoms with Gasteiger partial charge in [-0.2, -0.15) is 0 Å². The molecule has 4 heteroatoms. The zero-order valence-corrected chi connectivity index (χ0v) is 9.80. The van der Waals surface area contributed by atoms with Crippen molar-refractivity contribution in [2.24, 2.45) is 0 Å². The number of carbonyl (C=O) groups excluding carboxylic acids is 2. The van der Waals surface area contributed by atoms with E-state index in [2.05, 4.69) is 10.2 Å². The Morgan fingerprint density at radius 1 is 1.53 bits per heavy atom. The molecule has 1 aliphatic rings. The van der Waals surface area contributed by atoms with E-state index in [0.29, 0.717) is 13.0 Å². The van der Waals surface area contributed by atoms with Crippen molar-refractivity contribution in [3.8, 4) is 0 Å². The Kier molecular flexibility index (Phi) is 3.85. The van der Waals surface area contributed by atoms with Gasteiger partial charge in [-0.05, 0) is 33.7 Å². The number of piperazine rings is 1. The molecule has 0 aromatic rings. The molecule has 0 atom stereocenters. The lowest BCUT2D eigenvalue weighted by Crippen LogP contribution is -2.61. The summed E-state index contributed by atoms with van der Waals surface area (Å²) in [6, 6.07) is 0. The maximum Gasteiger partial charge on any atom is 0.239 e. The zero-order chi connectivity index (χ0) is 11.5. The maximum atomic E-state index is 11.6. The molecule has 0 aromatic carbocycles. The van der Waals surface area contributed by atoms with Gasteiger partial charge in [0.15, 0.2) is 0 Å². The van der Waals surface area contributed by atoms with Gasteiger partial charge in [-0.25, -0.2) is 0 Å². The largest absolute Gasteiger partial charge is 0.353 e. The Bertz CT molecular complexity index is 261. The monoisotopic (exact) mass is 212 g/mol. The van der Waals surface area contributed by atoms with Gasteiger partial charge in [0.05, 0.1) is 5.54 Å². The molecule has 86 valence electrons. The molecule has 0 saturated carbocycles. The van der Waals surface area contributed by atoms with Crippen LogP contribution in [-0.2, 0) is 9.59 Å². The van der Waals surface area contributed by atoms with Gasteiger partial charge in [0, 0.05) is 19.5 Å². The molecule has 0 aliphatic carbocycles. The second kappa shape index (κ2) is 4.75. The zero-order valence-electron chi connectivity index (χ0n) is 9.80. The summed E-state index contributed by atoms with van der Waals surface area (Å²) >= 11 is 0. The first-order valence-corrected chi connectivity index (χ1v) is 5.47. The summed E-state index contributed by atoms with van der Waals surface area (Å²) < 4.78 is 0. The molecule has 0 spiro atoms. The predicted octanol–water partition coefficient (Wildman–Crippen LogP) is 0.566. The number of nitrogens with one attached hydrogen (secondary N) is 1. The lowest BCUT2D eigenvalue weighted by atomic mass is 9.98. The van der Waals surface area contributed by atoms with Crippen LogP contribution in [0.2, 0.25) is 0 Å². The first-order chi connectivity index (χ1) is 6.94. The first kappa shape index (κ1) is 12.2. The van der Waals surface area contributed by atoms with Crippen molar-refractivity contribution in [3.63, 3.8) is 0 Å². The second-order valence-corrected chi connectivity index (χ2v) is 4.61. The third kappa shape index (κ3) is 3.02. The van der Waals surface area contributed by atoms with Crippen molar-refractivity contribution in [1.82, 2.24) is 10.2 Å². The fraction of sp³-hybridized carbons (Fsp3) is 0.818. The Morgan fingerprint density at radius 2 is 2.20 bits per heavy atom. The summed E-state index contributed by atoms with van der Waals surface area (Å²) in [4.78, 5) is 24.6. The number of hydrogen-bond donors (Lipinski definition) is 1. The standard InChI is InChI=1S/C11H20N2O2/c1-9(14)5-4-7-13-8-6-12-10(15)11(13,2)3/h4-8H2,1-3H3,(H,12,15). The van der Waals surface area contributed by atoms with E-state index in [0.717, 1.165) is 19.5 Å². The van der Waals surface area contributed by atoms with E-state index in [1.807, 2.05) is 13.8 Å². The van der Waals surface area contributed by atoms with Gasteiger partial charge >= 0.3 is 0 Å². The Hall–Kier alpha value is -0.900. The highest BCUT2D eigenvalue weighted by Gasteiger charge is 2.36. The fourth-order valence-corrected chi connectivity index (χ4v) is 1.85. The van der Waals surface area contributed by atoms with Crippen molar-refractivity contribution in [3.05, 3.63) is 0 Å². The van der Waals surface area contributed by atoms with Crippen LogP contribution >= 0.6 is 0 Å². The summed E-state index contributed by atoms with van der Waals surface area (Å²) in [6.07, 6.45) is 1.44. The average Bonchev–Trinajstić information content (AvgIpc) is 2.12. The van der Waals surface area contributed by atoms with Crippen molar-refractivity contribution >= 4 is 11.7 Å². The number of Topliss-reactive ketones (excluding diaryl/α,β-unsaturated/α-hetero) is 1. The normalized spacial score (nSPS) is 21.1. The van der Waals surface area contributed by atoms with E-state index < -0.39 is 5.54 Å². The summed E-state index contributed by atoms with van der Waals surface area (Å²) in [7, 11) is 0. The van der Waals surface area contributed by atoms with Crippen LogP contribution in [0, 0.1) is 0 Å². The van der Waals surface area contributed by atoms with E-state index in [9.17, 15) is 9.59 Å². The number of ketones is 1. The van der Waals surface area contributed by atoms with Crippen molar-refractivity contribution in [2.45, 2.75) is 39.2 Å². The van der Waals surface area contributed by atoms with Gasteiger partial charge in [-0.3, -0.25) is 9.69 Å². The molecule has 1 amide bonds. The molecule has 1 heterocycles. The first-order valence-electron chi connectivity index (χ1n) is 5.47. The smallest absolute Gasteiger partial charge is 0.239 e. The van der Waals surface area contributed by atoms with Gasteiger partial charge in [0.2, 0.25) is 5.91 Å². The van der Waals surface area contributed by atoms with E-state index in [4.69, 9.17) is 0 Å². The summed E-state index contributed by atoms with van der Waals surface area (Å²) in [5, 5.41) is 2.85. The minimum atomic E-state index is -0.435. The molecule has 0 unspecified atom stereocenters. The van der Waals surface area contributed by atoms with Crippen molar-refractivity contribution in [1.29, 1.82) is 0 Å². The molecular weight excluding hydrogens is 192 g/mol. The molecule has 1 rings (SSSR count). The SMILES string of the molecule is CC(=O)CCCN1CCNC(=O)C1(C)C. The van der Waals surface area contributed by atoms with Crippen LogP contribution in [0.4, 0.5) is 0 Å². The molecule has 0 aromatic heterocycles. The predicted molar refractivity (Wildman–Crippen MR) is 58.6 cm³/mol. The fourth-order valence-electron chi connectivity index (χ4n) is 1.85. The second-order valence-electron chi connectivity index (χ2n) is 4.61. The third-order valence-electron chi connectivity index (χ3n) is 2.97. The van der Waals surface area contributed by atoms with Crippen LogP contribution in [0.5, 0.6) is 0 Å². The lowest BCUT2D eigenvalue weighted by molar-refractivity contribution is -0.135. The topological polar surface area (TPSA) is 49.4 Å². The molecule has 1 N–H and O–H groups in total. The van der Waals surface area contributed by atoms with Crippen LogP contribution in [0.15, 0.2) is 0 Å². The summed E-state index contributed by atoms with van der Waals surface area (Å²) in [5.41, 5.74) is -0.435. The Labute approximate surface area is 91.0 Å². The molecule has 0 bridgehead atoms. The Balaban J connectivity index is 2.45. The minimum Gasteiger partial charge on any atom is -0.353 e. The molecular formula is C11H20N2O2. The summed E-state index contributed by atoms with van der Waals surface area (Å²) in [5.74, 6) is 0.297. The third-order valence-corrected chi connectivity index (χ3v) is 2.97. The van der Waals surface area contributed by atoms with Crippen LogP contribution < -0.4 is 5.32 Å². The van der Waals surface area contributed by atoms with Gasteiger partial charge in [0.25, 0.3) is 0 Å². The number of hydrogen-bond acceptors (Lipinski definition) is 3. The van der Waals surface area contributed by atoms with Crippen molar-refractivity contribution in [2.75, 3.05) is 19.6 Å². The van der Waals surface area contributed by atoms with Gasteiger partial charge < -0.3 is 10.1 Å². The minimum absolute atomic E-state index is 0.0802. The van der Waals surface area contributed by atoms with Crippen LogP contribution in [0.1, 0.15) is 33.6 Å². The highest BCUT2D eigenvalue weighted by Crippen LogP contribution is 2.17. The number of amides is 1. The van der Waals surface area contributed by atoms with E-state index >= 15 is 0 Å². The molecule has 1 aliphatic heterocycles. The number of nitrogens with zero attached hydrogens (tertiary/aromatic N) is 1. The molecule has 1 saturated heterocycles. The van der Waals surface area contributed by atoms with E-state index in [1.165, 1.54) is 0 Å². The van der Waals surface area contributed by atoms with E-state index in [1.54, 1.807) is 6.92 Å². The summed E-state index contributed by atoms with van der Waals surface area (Å²) in [6.45, 7) is 7.86. The molecule has 0 radical (unpaired) electrons. The average molecular weight is 212 g/mol. The highest BCUT2D eigenvalue weighted by molar-refractivity contribution is 5.86. The number of carbonyl (C=O) groups is 2. The van der Waals surface area contributed by atoms with Crippen LogP contribution in [0.3, 0.4) is 0 Å². The van der Waals surface area contributed by atoms with Crippen LogP contribution in [-0.4, -0.2) is 41.8 Å². The van der Waals surface area contributed by atoms with E-state index in [-0.39, 0.29) is 11.7 Å². The molecule has 4 nitrogen and oxygen atoms in total. The van der Waals surface area contributed by atoms with Gasteiger partial charge in [0.1, 0.15) is 5.78 Å². The van der Waals surface area contributed by atoms with Crippen molar-refractivity contribution < 1.29 is 9.59 Å². The van der Waals surface area contributed by atoms with Gasteiger partial charge in [-0.15, -0.1) is 0 Å². The van der Waals surface area contributed by atoms with Crippen LogP contribution in [0.25, 0.3) is 0 Å². The lowest BCUT2D eigenvalue weighted by Gasteiger charge is -2.41. The molecule has 15 heavy (non-hydrogen) atoms. The maximum absolute atomic E-state index is 11.6. The number of rotatable bonds is 4. The molecule has 1 fully saturated rings. The highest BCUT2D eigenvalue weighted by atomic mass is 16.2.